The highest BCUT2D eigenvalue weighted by atomic mass is 16.5. The van der Waals surface area contributed by atoms with Gasteiger partial charge in [0.25, 0.3) is 0 Å². The Morgan fingerprint density at radius 2 is 2.12 bits per heavy atom. The molecule has 1 aliphatic heterocycles. The van der Waals surface area contributed by atoms with Gasteiger partial charge in [-0.05, 0) is 27.2 Å². The van der Waals surface area contributed by atoms with Crippen LogP contribution in [0.25, 0.3) is 0 Å². The van der Waals surface area contributed by atoms with Crippen LogP contribution in [0.1, 0.15) is 66.7 Å². The van der Waals surface area contributed by atoms with Crippen LogP contribution in [-0.4, -0.2) is 17.5 Å². The zero-order valence-electron chi connectivity index (χ0n) is 11.5. The average molecular weight is 225 g/mol. The molecule has 0 amide bonds. The first-order valence-electron chi connectivity index (χ1n) is 6.71. The summed E-state index contributed by atoms with van der Waals surface area (Å²) in [7, 11) is 0. The first-order chi connectivity index (χ1) is 7.44. The van der Waals surface area contributed by atoms with Gasteiger partial charge in [0.15, 0.2) is 5.90 Å². The Hall–Kier alpha value is -0.530. The van der Waals surface area contributed by atoms with Gasteiger partial charge in [0.2, 0.25) is 0 Å². The van der Waals surface area contributed by atoms with Crippen LogP contribution < -0.4 is 0 Å². The summed E-state index contributed by atoms with van der Waals surface area (Å²) in [5.74, 6) is 1.47. The van der Waals surface area contributed by atoms with Gasteiger partial charge in [0.1, 0.15) is 0 Å². The molecule has 2 nitrogen and oxygen atoms in total. The van der Waals surface area contributed by atoms with E-state index in [0.717, 1.165) is 12.3 Å². The molecule has 0 aromatic carbocycles. The van der Waals surface area contributed by atoms with Crippen molar-refractivity contribution in [2.24, 2.45) is 10.9 Å². The highest BCUT2D eigenvalue weighted by Crippen LogP contribution is 2.27. The van der Waals surface area contributed by atoms with Gasteiger partial charge in [0.05, 0.1) is 11.6 Å². The van der Waals surface area contributed by atoms with Crippen molar-refractivity contribution >= 4 is 5.90 Å². The molecule has 0 saturated carbocycles. The zero-order chi connectivity index (χ0) is 12.2. The third kappa shape index (κ3) is 4.15. The fourth-order valence-electron chi connectivity index (χ4n) is 2.37. The van der Waals surface area contributed by atoms with E-state index < -0.39 is 0 Å². The van der Waals surface area contributed by atoms with Gasteiger partial charge < -0.3 is 4.74 Å². The molecule has 0 aromatic rings. The summed E-state index contributed by atoms with van der Waals surface area (Å²) in [5.41, 5.74) is 0.0615. The molecule has 16 heavy (non-hydrogen) atoms. The lowest BCUT2D eigenvalue weighted by molar-refractivity contribution is 0.131. The Balaban J connectivity index is 2.54. The number of nitrogens with zero attached hydrogens (tertiary/aromatic N) is 1. The standard InChI is InChI=1S/C14H27NO/c1-6-7-8-9-11(2)13-15-14(4,5)10-12(3)16-13/h11-12H,6-10H2,1-5H3. The molecule has 0 radical (unpaired) electrons. The minimum atomic E-state index is 0.0615. The monoisotopic (exact) mass is 225 g/mol. The van der Waals surface area contributed by atoms with Crippen molar-refractivity contribution in [3.8, 4) is 0 Å². The van der Waals surface area contributed by atoms with Crippen LogP contribution in [0.2, 0.25) is 0 Å². The second kappa shape index (κ2) is 5.70. The van der Waals surface area contributed by atoms with E-state index in [9.17, 15) is 0 Å². The van der Waals surface area contributed by atoms with Crippen molar-refractivity contribution in [1.29, 1.82) is 0 Å². The molecule has 0 aliphatic carbocycles. The van der Waals surface area contributed by atoms with Gasteiger partial charge in [-0.3, -0.25) is 0 Å². The maximum Gasteiger partial charge on any atom is 0.186 e. The molecule has 1 rings (SSSR count). The molecule has 0 saturated heterocycles. The third-order valence-corrected chi connectivity index (χ3v) is 3.18. The summed E-state index contributed by atoms with van der Waals surface area (Å²) < 4.78 is 5.86. The number of hydrogen-bond donors (Lipinski definition) is 0. The highest BCUT2D eigenvalue weighted by molar-refractivity contribution is 5.79. The predicted molar refractivity (Wildman–Crippen MR) is 70.0 cm³/mol. The van der Waals surface area contributed by atoms with Gasteiger partial charge in [-0.1, -0.05) is 33.1 Å². The molecule has 0 bridgehead atoms. The van der Waals surface area contributed by atoms with Crippen LogP contribution in [-0.2, 0) is 4.74 Å². The van der Waals surface area contributed by atoms with E-state index in [4.69, 9.17) is 9.73 Å². The number of hydrogen-bond acceptors (Lipinski definition) is 2. The van der Waals surface area contributed by atoms with Gasteiger partial charge >= 0.3 is 0 Å². The van der Waals surface area contributed by atoms with E-state index in [1.54, 1.807) is 0 Å². The molecular formula is C14H27NO. The van der Waals surface area contributed by atoms with E-state index in [-0.39, 0.29) is 5.54 Å². The van der Waals surface area contributed by atoms with E-state index in [2.05, 4.69) is 34.6 Å². The van der Waals surface area contributed by atoms with E-state index >= 15 is 0 Å². The quantitative estimate of drug-likeness (QED) is 0.643. The smallest absolute Gasteiger partial charge is 0.186 e. The summed E-state index contributed by atoms with van der Waals surface area (Å²) in [6, 6.07) is 0. The Labute approximate surface area is 100 Å². The number of unbranched alkanes of at least 4 members (excludes halogenated alkanes) is 2. The molecule has 0 spiro atoms. The third-order valence-electron chi connectivity index (χ3n) is 3.18. The highest BCUT2D eigenvalue weighted by Gasteiger charge is 2.29. The van der Waals surface area contributed by atoms with Crippen molar-refractivity contribution in [2.45, 2.75) is 78.4 Å². The Morgan fingerprint density at radius 3 is 2.69 bits per heavy atom. The molecule has 0 aromatic heterocycles. The Morgan fingerprint density at radius 1 is 1.44 bits per heavy atom. The van der Waals surface area contributed by atoms with Crippen LogP contribution in [0.4, 0.5) is 0 Å². The SMILES string of the molecule is CCCCCC(C)C1=NC(C)(C)CC(C)O1. The van der Waals surface area contributed by atoms with Crippen LogP contribution in [0.15, 0.2) is 4.99 Å². The molecule has 2 atom stereocenters. The van der Waals surface area contributed by atoms with Crippen LogP contribution in [0.5, 0.6) is 0 Å². The van der Waals surface area contributed by atoms with Crippen LogP contribution in [0.3, 0.4) is 0 Å². The number of rotatable bonds is 5. The Kier molecular flexibility index (Phi) is 4.82. The van der Waals surface area contributed by atoms with Crippen molar-refractivity contribution < 1.29 is 4.74 Å². The summed E-state index contributed by atoms with van der Waals surface area (Å²) in [4.78, 5) is 4.74. The summed E-state index contributed by atoms with van der Waals surface area (Å²) >= 11 is 0. The van der Waals surface area contributed by atoms with Gasteiger partial charge in [-0.25, -0.2) is 4.99 Å². The van der Waals surface area contributed by atoms with Gasteiger partial charge in [-0.2, -0.15) is 0 Å². The maximum atomic E-state index is 5.86. The second-order valence-electron chi connectivity index (χ2n) is 5.79. The number of ether oxygens (including phenoxy) is 1. The van der Waals surface area contributed by atoms with E-state index in [0.29, 0.717) is 12.0 Å². The van der Waals surface area contributed by atoms with Crippen LogP contribution in [0, 0.1) is 5.92 Å². The first kappa shape index (κ1) is 13.5. The molecule has 0 fully saturated rings. The predicted octanol–water partition coefficient (Wildman–Crippen LogP) is 4.19. The average Bonchev–Trinajstić information content (AvgIpc) is 2.14. The van der Waals surface area contributed by atoms with Crippen molar-refractivity contribution in [2.75, 3.05) is 0 Å². The lowest BCUT2D eigenvalue weighted by atomic mass is 9.94. The molecule has 0 N–H and O–H groups in total. The lowest BCUT2D eigenvalue weighted by Crippen LogP contribution is -2.36. The first-order valence-corrected chi connectivity index (χ1v) is 6.71. The van der Waals surface area contributed by atoms with Crippen molar-refractivity contribution in [1.82, 2.24) is 0 Å². The van der Waals surface area contributed by atoms with Gasteiger partial charge in [-0.15, -0.1) is 0 Å². The van der Waals surface area contributed by atoms with Crippen LogP contribution >= 0.6 is 0 Å². The van der Waals surface area contributed by atoms with E-state index in [1.165, 1.54) is 25.7 Å². The normalized spacial score (nSPS) is 25.8. The Bertz CT molecular complexity index is 245. The zero-order valence-corrected chi connectivity index (χ0v) is 11.5. The van der Waals surface area contributed by atoms with Crippen molar-refractivity contribution in [3.05, 3.63) is 0 Å². The minimum Gasteiger partial charge on any atom is -0.478 e. The fraction of sp³-hybridized carbons (Fsp3) is 0.929. The fourth-order valence-corrected chi connectivity index (χ4v) is 2.37. The minimum absolute atomic E-state index is 0.0615. The van der Waals surface area contributed by atoms with Gasteiger partial charge in [0, 0.05) is 12.3 Å². The molecule has 1 aliphatic rings. The lowest BCUT2D eigenvalue weighted by Gasteiger charge is -2.33. The molecule has 1 heterocycles. The summed E-state index contributed by atoms with van der Waals surface area (Å²) in [5, 5.41) is 0. The number of aliphatic imine (C=N–C) groups is 1. The molecule has 94 valence electrons. The topological polar surface area (TPSA) is 21.6 Å². The second-order valence-corrected chi connectivity index (χ2v) is 5.79. The molecular weight excluding hydrogens is 198 g/mol. The summed E-state index contributed by atoms with van der Waals surface area (Å²) in [6.07, 6.45) is 6.43. The summed E-state index contributed by atoms with van der Waals surface area (Å²) in [6.45, 7) is 11.0. The van der Waals surface area contributed by atoms with Crippen molar-refractivity contribution in [3.63, 3.8) is 0 Å². The maximum absolute atomic E-state index is 5.86. The van der Waals surface area contributed by atoms with E-state index in [1.807, 2.05) is 0 Å². The molecule has 2 unspecified atom stereocenters. The molecule has 2 heteroatoms. The largest absolute Gasteiger partial charge is 0.478 e.